The summed E-state index contributed by atoms with van der Waals surface area (Å²) in [6.07, 6.45) is 5.72. The van der Waals surface area contributed by atoms with Crippen LogP contribution < -0.4 is 14.2 Å². The number of hydrogen-bond donors (Lipinski definition) is 0. The minimum absolute atomic E-state index is 0.00257. The van der Waals surface area contributed by atoms with Gasteiger partial charge in [0.2, 0.25) is 0 Å². The number of anilines is 2. The van der Waals surface area contributed by atoms with Crippen LogP contribution in [-0.4, -0.2) is 26.2 Å². The van der Waals surface area contributed by atoms with E-state index in [0.717, 1.165) is 73.4 Å². The third-order valence-corrected chi connectivity index (χ3v) is 9.89. The number of pyridine rings is 1. The third-order valence-electron chi connectivity index (χ3n) is 9.89. The van der Waals surface area contributed by atoms with Crippen molar-refractivity contribution in [1.82, 2.24) is 19.0 Å². The van der Waals surface area contributed by atoms with Crippen LogP contribution >= 0.6 is 0 Å². The normalized spacial score (nSPS) is 13.2. The zero-order valence-electron chi connectivity index (χ0n) is 27.9. The van der Waals surface area contributed by atoms with Crippen molar-refractivity contribution in [1.29, 1.82) is 0 Å². The number of imidazole rings is 1. The molecule has 0 fully saturated rings. The number of ether oxygens (including phenoxy) is 1. The average molecular weight is 650 g/mol. The summed E-state index contributed by atoms with van der Waals surface area (Å²) in [6.45, 7) is 6.69. The van der Waals surface area contributed by atoms with E-state index < -0.39 is 7.19 Å². The van der Waals surface area contributed by atoms with Crippen LogP contribution in [0.4, 0.5) is 11.4 Å². The van der Waals surface area contributed by atoms with Crippen molar-refractivity contribution >= 4 is 40.4 Å². The molecule has 0 N–H and O–H groups in total. The van der Waals surface area contributed by atoms with Crippen molar-refractivity contribution in [3.63, 3.8) is 0 Å². The van der Waals surface area contributed by atoms with Crippen molar-refractivity contribution in [3.05, 3.63) is 145 Å². The highest BCUT2D eigenvalue weighted by Gasteiger charge is 2.44. The fourth-order valence-corrected chi connectivity index (χ4v) is 7.49. The zero-order chi connectivity index (χ0) is 33.6. The van der Waals surface area contributed by atoms with E-state index in [1.807, 2.05) is 42.9 Å². The Kier molecular flexibility index (Phi) is 6.09. The lowest BCUT2D eigenvalue weighted by atomic mass is 9.87. The van der Waals surface area contributed by atoms with Crippen molar-refractivity contribution in [2.75, 3.05) is 4.81 Å². The molecule has 0 spiro atoms. The van der Waals surface area contributed by atoms with Gasteiger partial charge in [-0.3, -0.25) is 4.57 Å². The van der Waals surface area contributed by atoms with Crippen molar-refractivity contribution < 1.29 is 9.39 Å². The van der Waals surface area contributed by atoms with Gasteiger partial charge in [-0.2, -0.15) is 0 Å². The van der Waals surface area contributed by atoms with Crippen LogP contribution in [0.2, 0.25) is 0 Å². The number of benzene rings is 5. The predicted molar refractivity (Wildman–Crippen MR) is 201 cm³/mol. The molecule has 0 radical (unpaired) electrons. The molecule has 2 aliphatic heterocycles. The van der Waals surface area contributed by atoms with Crippen LogP contribution in [0.25, 0.3) is 50.1 Å². The second-order valence-electron chi connectivity index (χ2n) is 14.0. The highest BCUT2D eigenvalue weighted by Crippen LogP contribution is 2.49. The quantitative estimate of drug-likeness (QED) is 0.178. The lowest BCUT2D eigenvalue weighted by Crippen LogP contribution is -2.49. The molecular formula is C42H32BN5O2. The minimum Gasteiger partial charge on any atom is -0.522 e. The second-order valence-corrected chi connectivity index (χ2v) is 14.0. The van der Waals surface area contributed by atoms with Crippen LogP contribution in [0.5, 0.6) is 17.2 Å². The first-order valence-electron chi connectivity index (χ1n) is 16.9. The average Bonchev–Trinajstić information content (AvgIpc) is 3.72. The van der Waals surface area contributed by atoms with Gasteiger partial charge in [0.1, 0.15) is 28.9 Å². The highest BCUT2D eigenvalue weighted by molar-refractivity contribution is 6.60. The third kappa shape index (κ3) is 4.31. The summed E-state index contributed by atoms with van der Waals surface area (Å²) in [5.41, 5.74) is 8.59. The molecule has 0 saturated carbocycles. The molecule has 3 aromatic heterocycles. The molecule has 0 saturated heterocycles. The van der Waals surface area contributed by atoms with Gasteiger partial charge in [-0.1, -0.05) is 75.4 Å². The van der Waals surface area contributed by atoms with Gasteiger partial charge in [0.25, 0.3) is 0 Å². The van der Waals surface area contributed by atoms with Gasteiger partial charge in [-0.15, -0.1) is 0 Å². The van der Waals surface area contributed by atoms with Crippen LogP contribution in [0.15, 0.2) is 140 Å². The Hall–Kier alpha value is -6.28. The number of fused-ring (bicyclic) bond motifs is 13. The summed E-state index contributed by atoms with van der Waals surface area (Å²) < 4.78 is 17.8. The molecule has 7 nitrogen and oxygen atoms in total. The molecule has 0 aliphatic carbocycles. The van der Waals surface area contributed by atoms with Gasteiger partial charge < -0.3 is 18.7 Å². The smallest absolute Gasteiger partial charge is 0.522 e. The van der Waals surface area contributed by atoms with E-state index in [2.05, 4.69) is 132 Å². The Balaban J connectivity index is 1.09. The van der Waals surface area contributed by atoms with Crippen molar-refractivity contribution in [2.24, 2.45) is 0 Å². The van der Waals surface area contributed by atoms with Gasteiger partial charge in [-0.05, 0) is 71.6 Å². The Bertz CT molecular complexity index is 2630. The van der Waals surface area contributed by atoms with Gasteiger partial charge >= 0.3 is 7.19 Å². The standard InChI is InChI=1S/C42H32BN5O2/c1-42(2,3)27-20-21-44-40(24-27)47-35-13-7-4-10-30(35)32-18-16-29(26-38(32)47)49-28-17-19-37-34(25-28)41-45-22-23-46(41)43-48(37)36-14-8-5-11-31(36)33-12-6-9-15-39(33)50-43/h4-26H,1-3H3. The first-order valence-corrected chi connectivity index (χ1v) is 16.9. The minimum atomic E-state index is -0.439. The Labute approximate surface area is 290 Å². The maximum atomic E-state index is 6.76. The van der Waals surface area contributed by atoms with E-state index in [4.69, 9.17) is 19.4 Å². The molecule has 5 heterocycles. The van der Waals surface area contributed by atoms with E-state index >= 15 is 0 Å². The number of aromatic nitrogens is 4. The Morgan fingerprint density at radius 3 is 2.28 bits per heavy atom. The van der Waals surface area contributed by atoms with Gasteiger partial charge in [0.15, 0.2) is 0 Å². The molecule has 50 heavy (non-hydrogen) atoms. The fourth-order valence-electron chi connectivity index (χ4n) is 7.49. The Morgan fingerprint density at radius 2 is 1.38 bits per heavy atom. The summed E-state index contributed by atoms with van der Waals surface area (Å²) in [7, 11) is -0.439. The number of para-hydroxylation sites is 3. The summed E-state index contributed by atoms with van der Waals surface area (Å²) in [6, 6.07) is 42.0. The first-order chi connectivity index (χ1) is 24.4. The SMILES string of the molecule is CC(C)(C)c1ccnc(-n2c3ccccc3c3ccc(Oc4ccc5c(c4)-c4nccn4B4Oc6ccccc6-c6ccccc6N45)cc32)c1. The fraction of sp³-hybridized carbons (Fsp3) is 0.0952. The van der Waals surface area contributed by atoms with Crippen LogP contribution in [0.3, 0.4) is 0 Å². The zero-order valence-corrected chi connectivity index (χ0v) is 27.9. The summed E-state index contributed by atoms with van der Waals surface area (Å²) in [4.78, 5) is 11.9. The topological polar surface area (TPSA) is 57.3 Å². The van der Waals surface area contributed by atoms with E-state index in [1.165, 1.54) is 10.9 Å². The first kappa shape index (κ1) is 28.7. The second kappa shape index (κ2) is 10.6. The molecule has 240 valence electrons. The molecule has 0 atom stereocenters. The number of nitrogens with zero attached hydrogens (tertiary/aromatic N) is 5. The molecule has 0 bridgehead atoms. The van der Waals surface area contributed by atoms with Gasteiger partial charge in [-0.25, -0.2) is 9.97 Å². The van der Waals surface area contributed by atoms with Gasteiger partial charge in [0, 0.05) is 63.5 Å². The largest absolute Gasteiger partial charge is 0.629 e. The molecule has 8 aromatic rings. The van der Waals surface area contributed by atoms with Crippen LogP contribution in [0, 0.1) is 0 Å². The lowest BCUT2D eigenvalue weighted by Gasteiger charge is -2.35. The Morgan fingerprint density at radius 1 is 0.640 bits per heavy atom. The molecule has 5 aromatic carbocycles. The monoisotopic (exact) mass is 649 g/mol. The van der Waals surface area contributed by atoms with E-state index in [1.54, 1.807) is 0 Å². The molecule has 0 unspecified atom stereocenters. The molecule has 2 aliphatic rings. The highest BCUT2D eigenvalue weighted by atomic mass is 16.5. The summed E-state index contributed by atoms with van der Waals surface area (Å²) >= 11 is 0. The summed E-state index contributed by atoms with van der Waals surface area (Å²) in [5, 5.41) is 2.32. The van der Waals surface area contributed by atoms with E-state index in [0.29, 0.717) is 0 Å². The number of rotatable bonds is 3. The van der Waals surface area contributed by atoms with E-state index in [-0.39, 0.29) is 5.41 Å². The van der Waals surface area contributed by atoms with Crippen LogP contribution in [-0.2, 0) is 5.41 Å². The summed E-state index contributed by atoms with van der Waals surface area (Å²) in [5.74, 6) is 4.01. The van der Waals surface area contributed by atoms with Crippen LogP contribution in [0.1, 0.15) is 26.3 Å². The maximum Gasteiger partial charge on any atom is 0.629 e. The predicted octanol–water partition coefficient (Wildman–Crippen LogP) is 10.2. The van der Waals surface area contributed by atoms with E-state index in [9.17, 15) is 0 Å². The maximum absolute atomic E-state index is 6.76. The molecule has 0 amide bonds. The molecular weight excluding hydrogens is 617 g/mol. The molecule has 10 rings (SSSR count). The van der Waals surface area contributed by atoms with Crippen molar-refractivity contribution in [2.45, 2.75) is 26.2 Å². The lowest BCUT2D eigenvalue weighted by molar-refractivity contribution is 0.483. The molecule has 8 heteroatoms. The van der Waals surface area contributed by atoms with Crippen molar-refractivity contribution in [3.8, 4) is 45.6 Å². The van der Waals surface area contributed by atoms with Gasteiger partial charge in [0.05, 0.1) is 11.0 Å². The number of hydrogen-bond acceptors (Lipinski definition) is 5.